The zero-order chi connectivity index (χ0) is 30.2. The van der Waals surface area contributed by atoms with E-state index in [9.17, 15) is 18.0 Å². The van der Waals surface area contributed by atoms with Crippen LogP contribution in [0.5, 0.6) is 5.88 Å². The molecule has 1 aromatic heterocycles. The normalized spacial score (nSPS) is 14.1. The van der Waals surface area contributed by atoms with E-state index in [1.54, 1.807) is 6.92 Å². The third-order valence-electron chi connectivity index (χ3n) is 6.64. The Morgan fingerprint density at radius 1 is 1.20 bits per heavy atom. The number of methoxy groups -OCH3 is 1. The minimum atomic E-state index is -4.05. The van der Waals surface area contributed by atoms with Crippen molar-refractivity contribution in [2.24, 2.45) is 5.92 Å². The number of imidazole rings is 1. The van der Waals surface area contributed by atoms with Crippen LogP contribution in [0.4, 0.5) is 4.79 Å². The number of ether oxygens (including phenoxy) is 1. The number of amides is 2. The van der Waals surface area contributed by atoms with Crippen molar-refractivity contribution in [1.29, 1.82) is 0 Å². The Morgan fingerprint density at radius 2 is 1.90 bits per heavy atom. The predicted molar refractivity (Wildman–Crippen MR) is 163 cm³/mol. The van der Waals surface area contributed by atoms with Gasteiger partial charge < -0.3 is 14.6 Å². The number of benzene rings is 1. The molecule has 0 radical (unpaired) electrons. The highest BCUT2D eigenvalue weighted by atomic mass is 32.2. The topological polar surface area (TPSA) is 119 Å². The van der Waals surface area contributed by atoms with Gasteiger partial charge >= 0.3 is 6.03 Å². The predicted octanol–water partition coefficient (Wildman–Crippen LogP) is 5.86. The van der Waals surface area contributed by atoms with E-state index < -0.39 is 16.1 Å². The first kappa shape index (κ1) is 31.6. The first-order valence-corrected chi connectivity index (χ1v) is 15.3. The highest BCUT2D eigenvalue weighted by Crippen LogP contribution is 2.38. The van der Waals surface area contributed by atoms with Gasteiger partial charge in [0.2, 0.25) is 5.88 Å². The van der Waals surface area contributed by atoms with Gasteiger partial charge in [0, 0.05) is 19.5 Å². The molecule has 0 atom stereocenters. The van der Waals surface area contributed by atoms with Crippen LogP contribution in [-0.4, -0.2) is 43.9 Å². The van der Waals surface area contributed by atoms with Crippen LogP contribution in [0, 0.1) is 5.92 Å². The van der Waals surface area contributed by atoms with E-state index >= 15 is 0 Å². The summed E-state index contributed by atoms with van der Waals surface area (Å²) < 4.78 is 35.8. The van der Waals surface area contributed by atoms with Crippen molar-refractivity contribution in [3.63, 3.8) is 0 Å². The molecule has 220 valence electrons. The van der Waals surface area contributed by atoms with Gasteiger partial charge in [-0.3, -0.25) is 4.79 Å². The maximum atomic E-state index is 13.2. The molecule has 0 fully saturated rings. The Morgan fingerprint density at radius 3 is 2.46 bits per heavy atom. The molecule has 0 saturated heterocycles. The molecule has 0 aliphatic heterocycles. The summed E-state index contributed by atoms with van der Waals surface area (Å²) in [4.78, 5) is 28.9. The Bertz CT molecular complexity index is 1490. The van der Waals surface area contributed by atoms with Gasteiger partial charge in [-0.2, -0.15) is 4.98 Å². The Hall–Kier alpha value is -3.92. The minimum Gasteiger partial charge on any atom is -0.479 e. The molecule has 10 heteroatoms. The number of aldehydes is 1. The fraction of sp³-hybridized carbons (Fsp3) is 0.387. The van der Waals surface area contributed by atoms with E-state index in [-0.39, 0.29) is 17.2 Å². The fourth-order valence-corrected chi connectivity index (χ4v) is 6.09. The summed E-state index contributed by atoms with van der Waals surface area (Å²) in [7, 11) is -2.56. The number of aromatic nitrogens is 2. The van der Waals surface area contributed by atoms with E-state index in [1.807, 2.05) is 67.0 Å². The highest BCUT2D eigenvalue weighted by molar-refractivity contribution is 7.94. The third-order valence-corrected chi connectivity index (χ3v) is 8.10. The molecule has 9 nitrogen and oxygen atoms in total. The number of rotatable bonds is 13. The fourth-order valence-electron chi connectivity index (χ4n) is 4.80. The summed E-state index contributed by atoms with van der Waals surface area (Å²) in [5, 5.41) is 2.48. The van der Waals surface area contributed by atoms with Crippen LogP contribution in [0.3, 0.4) is 0 Å². The summed E-state index contributed by atoms with van der Waals surface area (Å²) in [6.45, 7) is 10.5. The zero-order valence-electron chi connectivity index (χ0n) is 24.7. The Labute approximate surface area is 243 Å². The van der Waals surface area contributed by atoms with Gasteiger partial charge in [-0.15, -0.1) is 0 Å². The molecule has 0 unspecified atom stereocenters. The van der Waals surface area contributed by atoms with E-state index in [4.69, 9.17) is 4.74 Å². The standard InChI is InChI=1S/C31H40N4O5S/c1-7-10-11-24(8-2)29-33-30(40-6)27(20-36)35(29)19-22-12-14-25(15-13-22)26-17-23(16-21(4)5)18-28(26)41(38,39)34-31(37)32-9-3/h7,10-15,17,20-21H,8-9,16,18-19H2,1-6H3,(H2,32,34,37)/b10-7-,24-11+. The number of hydrogen-bond donors (Lipinski definition) is 2. The molecule has 1 aliphatic rings. The maximum absolute atomic E-state index is 13.2. The number of allylic oxidation sites excluding steroid dienone is 8. The third kappa shape index (κ3) is 7.64. The summed E-state index contributed by atoms with van der Waals surface area (Å²) in [5.74, 6) is 1.27. The lowest BCUT2D eigenvalue weighted by Gasteiger charge is -2.13. The SMILES string of the molecule is C/C=C\C=C(/CC)c1nc(OC)c(C=O)n1Cc1ccc(C2=C(S(=O)(=O)NC(=O)NCC)CC(CC(C)C)=C2)cc1. The smallest absolute Gasteiger partial charge is 0.328 e. The number of urea groups is 1. The van der Waals surface area contributed by atoms with Crippen molar-refractivity contribution < 1.29 is 22.7 Å². The molecule has 1 aliphatic carbocycles. The van der Waals surface area contributed by atoms with Crippen molar-refractivity contribution in [3.05, 3.63) is 81.7 Å². The minimum absolute atomic E-state index is 0.179. The van der Waals surface area contributed by atoms with E-state index in [1.165, 1.54) is 7.11 Å². The molecular weight excluding hydrogens is 540 g/mol. The Kier molecular flexibility index (Phi) is 10.9. The van der Waals surface area contributed by atoms with E-state index in [0.29, 0.717) is 42.5 Å². The largest absolute Gasteiger partial charge is 0.479 e. The van der Waals surface area contributed by atoms with Gasteiger partial charge in [0.15, 0.2) is 6.29 Å². The molecule has 0 bridgehead atoms. The molecule has 2 amide bonds. The second kappa shape index (κ2) is 14.1. The number of carbonyl (C=O) groups is 2. The van der Waals surface area contributed by atoms with Crippen LogP contribution in [0.1, 0.15) is 81.3 Å². The lowest BCUT2D eigenvalue weighted by Crippen LogP contribution is -2.39. The molecule has 3 rings (SSSR count). The van der Waals surface area contributed by atoms with E-state index in [0.717, 1.165) is 35.0 Å². The summed E-state index contributed by atoms with van der Waals surface area (Å²) in [5.41, 5.74) is 4.50. The number of nitrogens with zero attached hydrogens (tertiary/aromatic N) is 2. The highest BCUT2D eigenvalue weighted by Gasteiger charge is 2.29. The van der Waals surface area contributed by atoms with Crippen molar-refractivity contribution in [2.45, 2.75) is 60.4 Å². The molecule has 2 aromatic rings. The van der Waals surface area contributed by atoms with Crippen LogP contribution < -0.4 is 14.8 Å². The quantitative estimate of drug-likeness (QED) is 0.226. The first-order chi connectivity index (χ1) is 19.6. The molecule has 1 aromatic carbocycles. The second-order valence-corrected chi connectivity index (χ2v) is 11.9. The van der Waals surface area contributed by atoms with Crippen molar-refractivity contribution in [1.82, 2.24) is 19.6 Å². The zero-order valence-corrected chi connectivity index (χ0v) is 25.5. The van der Waals surface area contributed by atoms with Gasteiger partial charge in [-0.05, 0) is 54.9 Å². The van der Waals surface area contributed by atoms with E-state index in [2.05, 4.69) is 28.9 Å². The number of hydrogen-bond acceptors (Lipinski definition) is 6. The molecule has 1 heterocycles. The molecule has 0 spiro atoms. The number of carbonyl (C=O) groups excluding carboxylic acids is 2. The van der Waals surface area contributed by atoms with Gasteiger partial charge in [-0.1, -0.05) is 74.9 Å². The van der Waals surface area contributed by atoms with Crippen LogP contribution in [0.2, 0.25) is 0 Å². The summed E-state index contributed by atoms with van der Waals surface area (Å²) in [6.07, 6.45) is 10.2. The number of nitrogens with one attached hydrogen (secondary N) is 2. The lowest BCUT2D eigenvalue weighted by atomic mass is 10.0. The van der Waals surface area contributed by atoms with Crippen molar-refractivity contribution in [2.75, 3.05) is 13.7 Å². The molecule has 2 N–H and O–H groups in total. The summed E-state index contributed by atoms with van der Waals surface area (Å²) >= 11 is 0. The van der Waals surface area contributed by atoms with Gasteiger partial charge in [-0.25, -0.2) is 17.9 Å². The van der Waals surface area contributed by atoms with Crippen molar-refractivity contribution in [3.8, 4) is 5.88 Å². The van der Waals surface area contributed by atoms with Gasteiger partial charge in [0.25, 0.3) is 10.0 Å². The average molecular weight is 581 g/mol. The maximum Gasteiger partial charge on any atom is 0.328 e. The monoisotopic (exact) mass is 580 g/mol. The average Bonchev–Trinajstić information content (AvgIpc) is 3.51. The van der Waals surface area contributed by atoms with Gasteiger partial charge in [0.05, 0.1) is 12.0 Å². The summed E-state index contributed by atoms with van der Waals surface area (Å²) in [6, 6.07) is 6.80. The van der Waals surface area contributed by atoms with Crippen LogP contribution in [0.15, 0.2) is 59.0 Å². The molecule has 41 heavy (non-hydrogen) atoms. The second-order valence-electron chi connectivity index (χ2n) is 10.2. The molecule has 0 saturated carbocycles. The number of sulfonamides is 1. The Balaban J connectivity index is 2.02. The van der Waals surface area contributed by atoms with Crippen LogP contribution in [0.25, 0.3) is 11.1 Å². The molecular formula is C31H40N4O5S. The van der Waals surface area contributed by atoms with Crippen LogP contribution >= 0.6 is 0 Å². The lowest BCUT2D eigenvalue weighted by molar-refractivity contribution is 0.111. The first-order valence-electron chi connectivity index (χ1n) is 13.8. The van der Waals surface area contributed by atoms with Crippen molar-refractivity contribution >= 4 is 33.5 Å². The van der Waals surface area contributed by atoms with Crippen LogP contribution in [-0.2, 0) is 16.6 Å². The van der Waals surface area contributed by atoms with Gasteiger partial charge in [0.1, 0.15) is 11.5 Å².